The summed E-state index contributed by atoms with van der Waals surface area (Å²) in [5, 5.41) is 2.83. The Bertz CT molecular complexity index is 562. The van der Waals surface area contributed by atoms with Crippen LogP contribution in [0.4, 0.5) is 4.39 Å². The zero-order chi connectivity index (χ0) is 12.4. The van der Waals surface area contributed by atoms with Gasteiger partial charge in [-0.05, 0) is 37.6 Å². The molecule has 0 aliphatic carbocycles. The average Bonchev–Trinajstić information content (AvgIpc) is 2.63. The third-order valence-corrected chi connectivity index (χ3v) is 3.32. The predicted octanol–water partition coefficient (Wildman–Crippen LogP) is 3.32. The highest BCUT2D eigenvalue weighted by atomic mass is 32.1. The number of aryl methyl sites for hydroxylation is 2. The van der Waals surface area contributed by atoms with Crippen LogP contribution < -0.4 is 0 Å². The standard InChI is InChI=1S/C13H12FNOS/c1-8-5-10(14)3-4-12(8)13(16)6-11-7-17-9(2)15-11/h3-5,7H,6H2,1-2H3. The number of carbonyl (C=O) groups is 1. The van der Waals surface area contributed by atoms with Gasteiger partial charge in [-0.15, -0.1) is 11.3 Å². The van der Waals surface area contributed by atoms with E-state index in [0.717, 1.165) is 10.7 Å². The molecule has 0 N–H and O–H groups in total. The Morgan fingerprint density at radius 1 is 1.41 bits per heavy atom. The van der Waals surface area contributed by atoms with Crippen LogP contribution in [0.1, 0.15) is 26.6 Å². The fourth-order valence-electron chi connectivity index (χ4n) is 1.69. The second-order valence-corrected chi connectivity index (χ2v) is 4.98. The van der Waals surface area contributed by atoms with Crippen LogP contribution >= 0.6 is 11.3 Å². The van der Waals surface area contributed by atoms with Crippen molar-refractivity contribution in [3.05, 3.63) is 51.2 Å². The normalized spacial score (nSPS) is 10.5. The molecule has 88 valence electrons. The minimum absolute atomic E-state index is 0.0206. The lowest BCUT2D eigenvalue weighted by atomic mass is 10.0. The van der Waals surface area contributed by atoms with Gasteiger partial charge in [-0.2, -0.15) is 0 Å². The molecular weight excluding hydrogens is 237 g/mol. The highest BCUT2D eigenvalue weighted by Crippen LogP contribution is 2.15. The maximum atomic E-state index is 12.9. The molecule has 1 heterocycles. The monoisotopic (exact) mass is 249 g/mol. The highest BCUT2D eigenvalue weighted by molar-refractivity contribution is 7.09. The number of thiazole rings is 1. The molecule has 0 saturated carbocycles. The van der Waals surface area contributed by atoms with Crippen molar-refractivity contribution in [2.45, 2.75) is 20.3 Å². The van der Waals surface area contributed by atoms with Crippen molar-refractivity contribution in [2.75, 3.05) is 0 Å². The number of nitrogens with zero attached hydrogens (tertiary/aromatic N) is 1. The molecule has 0 unspecified atom stereocenters. The van der Waals surface area contributed by atoms with Crippen molar-refractivity contribution in [1.29, 1.82) is 0 Å². The first-order chi connectivity index (χ1) is 8.06. The lowest BCUT2D eigenvalue weighted by Gasteiger charge is -2.03. The number of hydrogen-bond donors (Lipinski definition) is 0. The van der Waals surface area contributed by atoms with Crippen LogP contribution in [0.3, 0.4) is 0 Å². The molecule has 0 saturated heterocycles. The fourth-order valence-corrected chi connectivity index (χ4v) is 2.30. The van der Waals surface area contributed by atoms with Gasteiger partial charge in [-0.25, -0.2) is 9.37 Å². The maximum Gasteiger partial charge on any atom is 0.169 e. The van der Waals surface area contributed by atoms with Crippen molar-refractivity contribution in [3.63, 3.8) is 0 Å². The summed E-state index contributed by atoms with van der Waals surface area (Å²) in [5.41, 5.74) is 2.01. The van der Waals surface area contributed by atoms with Crippen LogP contribution in [0, 0.1) is 19.7 Å². The Kier molecular flexibility index (Phi) is 3.33. The number of benzene rings is 1. The van der Waals surface area contributed by atoms with Gasteiger partial charge in [0.1, 0.15) is 5.82 Å². The summed E-state index contributed by atoms with van der Waals surface area (Å²) in [6, 6.07) is 4.22. The Hall–Kier alpha value is -1.55. The van der Waals surface area contributed by atoms with Gasteiger partial charge in [0.25, 0.3) is 0 Å². The number of rotatable bonds is 3. The average molecular weight is 249 g/mol. The van der Waals surface area contributed by atoms with E-state index in [9.17, 15) is 9.18 Å². The van der Waals surface area contributed by atoms with Crippen LogP contribution in [0.15, 0.2) is 23.6 Å². The van der Waals surface area contributed by atoms with Gasteiger partial charge in [0.15, 0.2) is 5.78 Å². The summed E-state index contributed by atoms with van der Waals surface area (Å²) < 4.78 is 12.9. The quantitative estimate of drug-likeness (QED) is 0.781. The number of halogens is 1. The second-order valence-electron chi connectivity index (χ2n) is 3.92. The molecule has 0 radical (unpaired) electrons. The summed E-state index contributed by atoms with van der Waals surface area (Å²) in [4.78, 5) is 16.2. The molecule has 0 bridgehead atoms. The lowest BCUT2D eigenvalue weighted by Crippen LogP contribution is -2.06. The Labute approximate surface area is 103 Å². The van der Waals surface area contributed by atoms with Gasteiger partial charge in [0.2, 0.25) is 0 Å². The Morgan fingerprint density at radius 2 is 2.18 bits per heavy atom. The van der Waals surface area contributed by atoms with E-state index >= 15 is 0 Å². The SMILES string of the molecule is Cc1nc(CC(=O)c2ccc(F)cc2C)cs1. The van der Waals surface area contributed by atoms with E-state index in [4.69, 9.17) is 0 Å². The van der Waals surface area contributed by atoms with E-state index < -0.39 is 0 Å². The molecule has 0 aliphatic rings. The molecule has 2 rings (SSSR count). The number of ketones is 1. The molecule has 0 fully saturated rings. The molecule has 2 aromatic rings. The summed E-state index contributed by atoms with van der Waals surface area (Å²) in [5.74, 6) is -0.337. The number of aromatic nitrogens is 1. The Balaban J connectivity index is 2.20. The van der Waals surface area contributed by atoms with E-state index in [1.807, 2.05) is 12.3 Å². The van der Waals surface area contributed by atoms with Gasteiger partial charge < -0.3 is 0 Å². The number of hydrogen-bond acceptors (Lipinski definition) is 3. The van der Waals surface area contributed by atoms with E-state index in [0.29, 0.717) is 11.1 Å². The summed E-state index contributed by atoms with van der Waals surface area (Å²) in [6.45, 7) is 3.64. The molecule has 1 aromatic carbocycles. The molecule has 1 aromatic heterocycles. The summed E-state index contributed by atoms with van der Waals surface area (Å²) in [7, 11) is 0. The van der Waals surface area contributed by atoms with E-state index in [-0.39, 0.29) is 18.0 Å². The second kappa shape index (κ2) is 4.75. The maximum absolute atomic E-state index is 12.9. The minimum atomic E-state index is -0.316. The van der Waals surface area contributed by atoms with Crippen LogP contribution in [-0.4, -0.2) is 10.8 Å². The van der Waals surface area contributed by atoms with Crippen molar-refractivity contribution in [3.8, 4) is 0 Å². The van der Waals surface area contributed by atoms with Crippen molar-refractivity contribution in [1.82, 2.24) is 4.98 Å². The third kappa shape index (κ3) is 2.77. The van der Waals surface area contributed by atoms with Crippen LogP contribution in [0.2, 0.25) is 0 Å². The summed E-state index contributed by atoms with van der Waals surface area (Å²) in [6.07, 6.45) is 0.275. The first-order valence-electron chi connectivity index (χ1n) is 5.26. The lowest BCUT2D eigenvalue weighted by molar-refractivity contribution is 0.0991. The smallest absolute Gasteiger partial charge is 0.169 e. The zero-order valence-corrected chi connectivity index (χ0v) is 10.5. The minimum Gasteiger partial charge on any atom is -0.294 e. The fraction of sp³-hybridized carbons (Fsp3) is 0.231. The molecule has 2 nitrogen and oxygen atoms in total. The van der Waals surface area contributed by atoms with Crippen molar-refractivity contribution < 1.29 is 9.18 Å². The van der Waals surface area contributed by atoms with E-state index in [1.54, 1.807) is 6.92 Å². The van der Waals surface area contributed by atoms with Crippen LogP contribution in [-0.2, 0) is 6.42 Å². The largest absolute Gasteiger partial charge is 0.294 e. The first kappa shape index (κ1) is 11.9. The molecule has 0 spiro atoms. The van der Waals surface area contributed by atoms with E-state index in [2.05, 4.69) is 4.98 Å². The van der Waals surface area contributed by atoms with Crippen LogP contribution in [0.5, 0.6) is 0 Å². The van der Waals surface area contributed by atoms with Gasteiger partial charge in [-0.3, -0.25) is 4.79 Å². The van der Waals surface area contributed by atoms with E-state index in [1.165, 1.54) is 29.5 Å². The highest BCUT2D eigenvalue weighted by Gasteiger charge is 2.12. The summed E-state index contributed by atoms with van der Waals surface area (Å²) >= 11 is 1.52. The number of Topliss-reactive ketones (excluding diaryl/α,β-unsaturated/α-hetero) is 1. The van der Waals surface area contributed by atoms with Crippen LogP contribution in [0.25, 0.3) is 0 Å². The van der Waals surface area contributed by atoms with Crippen molar-refractivity contribution >= 4 is 17.1 Å². The molecular formula is C13H12FNOS. The zero-order valence-electron chi connectivity index (χ0n) is 9.66. The molecule has 17 heavy (non-hydrogen) atoms. The number of carbonyl (C=O) groups excluding carboxylic acids is 1. The molecule has 4 heteroatoms. The Morgan fingerprint density at radius 3 is 2.76 bits per heavy atom. The van der Waals surface area contributed by atoms with Gasteiger partial charge in [-0.1, -0.05) is 0 Å². The topological polar surface area (TPSA) is 30.0 Å². The third-order valence-electron chi connectivity index (χ3n) is 2.50. The molecule has 0 amide bonds. The van der Waals surface area contributed by atoms with Gasteiger partial charge >= 0.3 is 0 Å². The predicted molar refractivity (Wildman–Crippen MR) is 66.0 cm³/mol. The van der Waals surface area contributed by atoms with Gasteiger partial charge in [0.05, 0.1) is 17.1 Å². The molecule has 0 atom stereocenters. The van der Waals surface area contributed by atoms with Crippen molar-refractivity contribution in [2.24, 2.45) is 0 Å². The van der Waals surface area contributed by atoms with Gasteiger partial charge in [0, 0.05) is 10.9 Å². The molecule has 0 aliphatic heterocycles. The first-order valence-corrected chi connectivity index (χ1v) is 6.14.